The number of halogens is 2. The molecule has 0 unspecified atom stereocenters. The lowest BCUT2D eigenvalue weighted by Crippen LogP contribution is -3.05. The van der Waals surface area contributed by atoms with Crippen LogP contribution in [0.3, 0.4) is 0 Å². The number of rotatable bonds is 11. The van der Waals surface area contributed by atoms with Crippen LogP contribution in [0.25, 0.3) is 0 Å². The highest BCUT2D eigenvalue weighted by atomic mass is 35.5. The molecule has 0 bridgehead atoms. The SMILES string of the molecule is C[NH+](C)CCCC[NH2+]CC[C@H](Cc1ccccc1Cl)c1ccc(Cl)cc1. The van der Waals surface area contributed by atoms with Gasteiger partial charge in [-0.05, 0) is 41.7 Å². The molecule has 0 radical (unpaired) electrons. The quantitative estimate of drug-likeness (QED) is 0.546. The zero-order valence-corrected chi connectivity index (χ0v) is 17.5. The van der Waals surface area contributed by atoms with Crippen LogP contribution in [-0.4, -0.2) is 33.7 Å². The molecule has 0 saturated carbocycles. The van der Waals surface area contributed by atoms with E-state index in [2.05, 4.69) is 43.7 Å². The third kappa shape index (κ3) is 7.67. The van der Waals surface area contributed by atoms with E-state index >= 15 is 0 Å². The molecule has 1 atom stereocenters. The summed E-state index contributed by atoms with van der Waals surface area (Å²) in [6.45, 7) is 3.62. The van der Waals surface area contributed by atoms with Gasteiger partial charge in [0.25, 0.3) is 0 Å². The fourth-order valence-electron chi connectivity index (χ4n) is 3.28. The van der Waals surface area contributed by atoms with E-state index in [4.69, 9.17) is 23.2 Å². The van der Waals surface area contributed by atoms with Gasteiger partial charge in [-0.25, -0.2) is 0 Å². The molecule has 4 heteroatoms. The Morgan fingerprint density at radius 3 is 2.35 bits per heavy atom. The molecule has 0 spiro atoms. The molecule has 2 rings (SSSR count). The Hall–Kier alpha value is -1.06. The van der Waals surface area contributed by atoms with Crippen molar-refractivity contribution in [2.75, 3.05) is 33.7 Å². The number of hydrogen-bond acceptors (Lipinski definition) is 0. The predicted octanol–water partition coefficient (Wildman–Crippen LogP) is 3.20. The van der Waals surface area contributed by atoms with Crippen molar-refractivity contribution in [3.8, 4) is 0 Å². The molecular weight excluding hydrogens is 363 g/mol. The second kappa shape index (κ2) is 11.6. The van der Waals surface area contributed by atoms with Crippen molar-refractivity contribution in [2.45, 2.75) is 31.6 Å². The van der Waals surface area contributed by atoms with Crippen LogP contribution in [0.15, 0.2) is 48.5 Å². The first kappa shape index (κ1) is 21.2. The monoisotopic (exact) mass is 394 g/mol. The Bertz CT molecular complexity index is 641. The van der Waals surface area contributed by atoms with Crippen LogP contribution in [0.1, 0.15) is 36.3 Å². The summed E-state index contributed by atoms with van der Waals surface area (Å²) in [4.78, 5) is 1.53. The first-order chi connectivity index (χ1) is 12.6. The Morgan fingerprint density at radius 2 is 1.65 bits per heavy atom. The van der Waals surface area contributed by atoms with Crippen molar-refractivity contribution in [2.24, 2.45) is 0 Å². The van der Waals surface area contributed by atoms with Gasteiger partial charge in [-0.2, -0.15) is 0 Å². The van der Waals surface area contributed by atoms with Crippen LogP contribution in [0.2, 0.25) is 10.0 Å². The standard InChI is InChI=1S/C22H30Cl2N2/c1-26(2)16-6-5-14-25-15-13-19(18-9-11-21(23)12-10-18)17-20-7-3-4-8-22(20)24/h3-4,7-12,19,25H,5-6,13-17H2,1-2H3/p+2/t19-/m1/s1. The fourth-order valence-corrected chi connectivity index (χ4v) is 3.62. The molecule has 0 fully saturated rings. The smallest absolute Gasteiger partial charge is 0.0769 e. The van der Waals surface area contributed by atoms with E-state index in [0.717, 1.165) is 29.4 Å². The number of nitrogens with one attached hydrogen (secondary N) is 1. The Balaban J connectivity index is 1.89. The molecular formula is C22H32Cl2N2+2. The summed E-state index contributed by atoms with van der Waals surface area (Å²) in [6.07, 6.45) is 4.71. The zero-order chi connectivity index (χ0) is 18.8. The van der Waals surface area contributed by atoms with Crippen LogP contribution in [-0.2, 0) is 6.42 Å². The van der Waals surface area contributed by atoms with Gasteiger partial charge in [-0.15, -0.1) is 0 Å². The molecule has 0 amide bonds. The minimum Gasteiger partial charge on any atom is -0.346 e. The molecule has 0 aromatic heterocycles. The molecule has 0 aliphatic heterocycles. The van der Waals surface area contributed by atoms with Gasteiger partial charge in [0, 0.05) is 29.3 Å². The highest BCUT2D eigenvalue weighted by Crippen LogP contribution is 2.28. The van der Waals surface area contributed by atoms with Gasteiger partial charge in [0.05, 0.1) is 33.7 Å². The lowest BCUT2D eigenvalue weighted by molar-refractivity contribution is -0.858. The summed E-state index contributed by atoms with van der Waals surface area (Å²) in [5.74, 6) is 0.467. The van der Waals surface area contributed by atoms with E-state index < -0.39 is 0 Å². The zero-order valence-electron chi connectivity index (χ0n) is 16.0. The summed E-state index contributed by atoms with van der Waals surface area (Å²) in [5, 5.41) is 4.11. The number of unbranched alkanes of at least 4 members (excludes halogenated alkanes) is 1. The van der Waals surface area contributed by atoms with Crippen molar-refractivity contribution in [1.29, 1.82) is 0 Å². The molecule has 26 heavy (non-hydrogen) atoms. The normalized spacial score (nSPS) is 12.5. The van der Waals surface area contributed by atoms with Gasteiger partial charge in [0.1, 0.15) is 0 Å². The summed E-state index contributed by atoms with van der Waals surface area (Å²) in [6, 6.07) is 16.5. The van der Waals surface area contributed by atoms with Crippen LogP contribution >= 0.6 is 23.2 Å². The minimum absolute atomic E-state index is 0.467. The molecule has 142 valence electrons. The summed E-state index contributed by atoms with van der Waals surface area (Å²) in [5.41, 5.74) is 2.57. The largest absolute Gasteiger partial charge is 0.346 e. The average Bonchev–Trinajstić information content (AvgIpc) is 2.62. The first-order valence-electron chi connectivity index (χ1n) is 9.66. The lowest BCUT2D eigenvalue weighted by Gasteiger charge is -2.18. The first-order valence-corrected chi connectivity index (χ1v) is 10.4. The van der Waals surface area contributed by atoms with Gasteiger partial charge in [-0.3, -0.25) is 0 Å². The average molecular weight is 395 g/mol. The van der Waals surface area contributed by atoms with E-state index in [1.165, 1.54) is 42.0 Å². The number of nitrogens with two attached hydrogens (primary N) is 1. The van der Waals surface area contributed by atoms with Crippen LogP contribution in [0.4, 0.5) is 0 Å². The van der Waals surface area contributed by atoms with E-state index in [0.29, 0.717) is 5.92 Å². The van der Waals surface area contributed by atoms with Crippen LogP contribution in [0, 0.1) is 0 Å². The van der Waals surface area contributed by atoms with E-state index in [-0.39, 0.29) is 0 Å². The Labute approximate surface area is 168 Å². The number of quaternary nitrogens is 2. The van der Waals surface area contributed by atoms with Crippen molar-refractivity contribution >= 4 is 23.2 Å². The van der Waals surface area contributed by atoms with E-state index in [1.807, 2.05) is 24.3 Å². The third-order valence-electron chi connectivity index (χ3n) is 4.82. The van der Waals surface area contributed by atoms with Crippen molar-refractivity contribution in [1.82, 2.24) is 0 Å². The highest BCUT2D eigenvalue weighted by molar-refractivity contribution is 6.31. The van der Waals surface area contributed by atoms with E-state index in [1.54, 1.807) is 0 Å². The second-order valence-electron chi connectivity index (χ2n) is 7.36. The molecule has 0 saturated heterocycles. The second-order valence-corrected chi connectivity index (χ2v) is 8.21. The predicted molar refractivity (Wildman–Crippen MR) is 113 cm³/mol. The molecule has 0 aliphatic carbocycles. The van der Waals surface area contributed by atoms with Crippen molar-refractivity contribution < 1.29 is 10.2 Å². The van der Waals surface area contributed by atoms with Gasteiger partial charge < -0.3 is 10.2 Å². The summed E-state index contributed by atoms with van der Waals surface area (Å²) < 4.78 is 0. The maximum atomic E-state index is 6.39. The maximum absolute atomic E-state index is 6.39. The van der Waals surface area contributed by atoms with Crippen molar-refractivity contribution in [3.63, 3.8) is 0 Å². The topological polar surface area (TPSA) is 21.1 Å². The maximum Gasteiger partial charge on any atom is 0.0769 e. The van der Waals surface area contributed by atoms with Gasteiger partial charge >= 0.3 is 0 Å². The highest BCUT2D eigenvalue weighted by Gasteiger charge is 2.15. The summed E-state index contributed by atoms with van der Waals surface area (Å²) >= 11 is 12.5. The van der Waals surface area contributed by atoms with Crippen molar-refractivity contribution in [3.05, 3.63) is 69.7 Å². The van der Waals surface area contributed by atoms with Gasteiger partial charge in [0.2, 0.25) is 0 Å². The molecule has 2 aromatic carbocycles. The minimum atomic E-state index is 0.467. The number of hydrogen-bond donors (Lipinski definition) is 2. The Kier molecular flexibility index (Phi) is 9.49. The molecule has 3 N–H and O–H groups in total. The third-order valence-corrected chi connectivity index (χ3v) is 5.44. The molecule has 0 aliphatic rings. The molecule has 2 nitrogen and oxygen atoms in total. The van der Waals surface area contributed by atoms with Gasteiger partial charge in [-0.1, -0.05) is 53.5 Å². The number of benzene rings is 2. The fraction of sp³-hybridized carbons (Fsp3) is 0.455. The van der Waals surface area contributed by atoms with E-state index in [9.17, 15) is 0 Å². The lowest BCUT2D eigenvalue weighted by atomic mass is 9.89. The summed E-state index contributed by atoms with van der Waals surface area (Å²) in [7, 11) is 4.43. The van der Waals surface area contributed by atoms with Crippen LogP contribution in [0.5, 0.6) is 0 Å². The molecule has 0 heterocycles. The molecule has 2 aromatic rings. The van der Waals surface area contributed by atoms with Gasteiger partial charge in [0.15, 0.2) is 0 Å². The van der Waals surface area contributed by atoms with Crippen LogP contribution < -0.4 is 10.2 Å². The Morgan fingerprint density at radius 1 is 0.923 bits per heavy atom.